The number of hydrogen-bond acceptors (Lipinski definition) is 4. The summed E-state index contributed by atoms with van der Waals surface area (Å²) in [6, 6.07) is 8.36. The van der Waals surface area contributed by atoms with Crippen molar-refractivity contribution in [1.82, 2.24) is 5.32 Å². The van der Waals surface area contributed by atoms with Crippen LogP contribution in [0.5, 0.6) is 5.75 Å². The lowest BCUT2D eigenvalue weighted by Crippen LogP contribution is -2.42. The van der Waals surface area contributed by atoms with Gasteiger partial charge in [0, 0.05) is 0 Å². The number of sulfone groups is 1. The number of benzene rings is 1. The average Bonchev–Trinajstić information content (AvgIpc) is 2.61. The van der Waals surface area contributed by atoms with Crippen molar-refractivity contribution >= 4 is 27.3 Å². The number of ether oxygens (including phenoxy) is 1. The first-order valence-electron chi connectivity index (χ1n) is 5.78. The minimum atomic E-state index is -3.14. The number of halogens is 1. The summed E-state index contributed by atoms with van der Waals surface area (Å²) in [6.45, 7) is -0.163. The maximum atomic E-state index is 11.6. The van der Waals surface area contributed by atoms with E-state index in [1.807, 2.05) is 6.07 Å². The first-order chi connectivity index (χ1) is 8.96. The predicted molar refractivity (Wildman–Crippen MR) is 72.2 cm³/mol. The van der Waals surface area contributed by atoms with Gasteiger partial charge in [-0.2, -0.15) is 0 Å². The predicted octanol–water partition coefficient (Wildman–Crippen LogP) is 0.586. The molecular formula is C12H14ClNO4S. The molecule has 2 atom stereocenters. The van der Waals surface area contributed by atoms with Crippen LogP contribution in [0.4, 0.5) is 0 Å². The van der Waals surface area contributed by atoms with E-state index in [1.165, 1.54) is 0 Å². The fourth-order valence-corrected chi connectivity index (χ4v) is 4.40. The second-order valence-corrected chi connectivity index (χ2v) is 7.08. The Balaban J connectivity index is 1.82. The Morgan fingerprint density at radius 3 is 2.58 bits per heavy atom. The number of nitrogens with one attached hydrogen (secondary N) is 1. The highest BCUT2D eigenvalue weighted by Gasteiger charge is 2.37. The van der Waals surface area contributed by atoms with E-state index in [-0.39, 0.29) is 24.0 Å². The van der Waals surface area contributed by atoms with E-state index >= 15 is 0 Å². The fourth-order valence-electron chi connectivity index (χ4n) is 1.85. The Kier molecular flexibility index (Phi) is 4.31. The largest absolute Gasteiger partial charge is 0.484 e. The molecule has 1 aliphatic heterocycles. The second kappa shape index (κ2) is 5.79. The van der Waals surface area contributed by atoms with Crippen LogP contribution in [0, 0.1) is 0 Å². The standard InChI is InChI=1S/C12H14ClNO4S/c13-10-7-19(16,17)8-11(10)14-12(15)6-18-9-4-2-1-3-5-9/h1-5,10-11H,6-8H2,(H,14,15)/t10-,11+/m0/s1. The molecule has 0 aromatic heterocycles. The highest BCUT2D eigenvalue weighted by Crippen LogP contribution is 2.18. The van der Waals surface area contributed by atoms with Crippen LogP contribution in [0.25, 0.3) is 0 Å². The Labute approximate surface area is 116 Å². The second-order valence-electron chi connectivity index (χ2n) is 4.37. The van der Waals surface area contributed by atoms with Crippen LogP contribution < -0.4 is 10.1 Å². The number of rotatable bonds is 4. The van der Waals surface area contributed by atoms with Crippen LogP contribution in [0.1, 0.15) is 0 Å². The van der Waals surface area contributed by atoms with Crippen molar-refractivity contribution < 1.29 is 17.9 Å². The highest BCUT2D eigenvalue weighted by atomic mass is 35.5. The summed E-state index contributed by atoms with van der Waals surface area (Å²) >= 11 is 5.89. The number of alkyl halides is 1. The highest BCUT2D eigenvalue weighted by molar-refractivity contribution is 7.91. The van der Waals surface area contributed by atoms with Gasteiger partial charge < -0.3 is 10.1 Å². The van der Waals surface area contributed by atoms with Gasteiger partial charge in [0.25, 0.3) is 5.91 Å². The minimum absolute atomic E-state index is 0.0982. The van der Waals surface area contributed by atoms with Crippen molar-refractivity contribution in [3.05, 3.63) is 30.3 Å². The minimum Gasteiger partial charge on any atom is -0.484 e. The lowest BCUT2D eigenvalue weighted by atomic mass is 10.2. The summed E-state index contributed by atoms with van der Waals surface area (Å²) in [4.78, 5) is 11.6. The third kappa shape index (κ3) is 4.11. The molecule has 0 bridgehead atoms. The van der Waals surface area contributed by atoms with Gasteiger partial charge in [0.15, 0.2) is 16.4 Å². The molecule has 1 amide bonds. The molecule has 0 saturated carbocycles. The number of carbonyl (C=O) groups excluding carboxylic acids is 1. The molecular weight excluding hydrogens is 290 g/mol. The molecule has 0 radical (unpaired) electrons. The lowest BCUT2D eigenvalue weighted by Gasteiger charge is -2.14. The van der Waals surface area contributed by atoms with E-state index in [1.54, 1.807) is 24.3 Å². The molecule has 1 N–H and O–H groups in total. The quantitative estimate of drug-likeness (QED) is 0.826. The van der Waals surface area contributed by atoms with Crippen LogP contribution in [0.15, 0.2) is 30.3 Å². The van der Waals surface area contributed by atoms with Gasteiger partial charge in [-0.1, -0.05) is 18.2 Å². The van der Waals surface area contributed by atoms with E-state index in [9.17, 15) is 13.2 Å². The van der Waals surface area contributed by atoms with Gasteiger partial charge in [-0.25, -0.2) is 8.42 Å². The summed E-state index contributed by atoms with van der Waals surface area (Å²) in [5.74, 6) is -0.00665. The van der Waals surface area contributed by atoms with Crippen LogP contribution in [0.3, 0.4) is 0 Å². The van der Waals surface area contributed by atoms with Crippen molar-refractivity contribution in [2.75, 3.05) is 18.1 Å². The fraction of sp³-hybridized carbons (Fsp3) is 0.417. The Morgan fingerprint density at radius 1 is 1.32 bits per heavy atom. The number of para-hydroxylation sites is 1. The van der Waals surface area contributed by atoms with Gasteiger partial charge in [0.05, 0.1) is 22.9 Å². The molecule has 1 aliphatic rings. The van der Waals surface area contributed by atoms with E-state index in [0.29, 0.717) is 5.75 Å². The summed E-state index contributed by atoms with van der Waals surface area (Å²) < 4.78 is 28.0. The molecule has 1 aromatic rings. The van der Waals surface area contributed by atoms with Crippen molar-refractivity contribution in [3.8, 4) is 5.75 Å². The summed E-state index contributed by atoms with van der Waals surface area (Å²) in [5, 5.41) is 2.00. The molecule has 5 nitrogen and oxygen atoms in total. The van der Waals surface area contributed by atoms with Crippen molar-refractivity contribution in [1.29, 1.82) is 0 Å². The number of hydrogen-bond donors (Lipinski definition) is 1. The van der Waals surface area contributed by atoms with Crippen LogP contribution in [0.2, 0.25) is 0 Å². The van der Waals surface area contributed by atoms with Gasteiger partial charge in [-0.3, -0.25) is 4.79 Å². The molecule has 1 aromatic carbocycles. The monoisotopic (exact) mass is 303 g/mol. The van der Waals surface area contributed by atoms with Gasteiger partial charge in [-0.05, 0) is 12.1 Å². The first-order valence-corrected chi connectivity index (χ1v) is 8.04. The molecule has 0 unspecified atom stereocenters. The smallest absolute Gasteiger partial charge is 0.258 e. The zero-order valence-electron chi connectivity index (χ0n) is 10.1. The molecule has 7 heteroatoms. The van der Waals surface area contributed by atoms with Crippen molar-refractivity contribution in [3.63, 3.8) is 0 Å². The number of amides is 1. The van der Waals surface area contributed by atoms with Gasteiger partial charge in [-0.15, -0.1) is 11.6 Å². The Bertz CT molecular complexity index is 546. The van der Waals surface area contributed by atoms with Crippen LogP contribution in [-0.4, -0.2) is 43.9 Å². The average molecular weight is 304 g/mol. The van der Waals surface area contributed by atoms with E-state index < -0.39 is 21.3 Å². The molecule has 0 spiro atoms. The third-order valence-corrected chi connectivity index (χ3v) is 5.12. The summed E-state index contributed by atoms with van der Waals surface area (Å²) in [6.07, 6.45) is 0. The molecule has 1 heterocycles. The Hall–Kier alpha value is -1.27. The van der Waals surface area contributed by atoms with Crippen LogP contribution in [-0.2, 0) is 14.6 Å². The topological polar surface area (TPSA) is 72.5 Å². The third-order valence-electron chi connectivity index (χ3n) is 2.74. The van der Waals surface area contributed by atoms with E-state index in [2.05, 4.69) is 5.32 Å². The van der Waals surface area contributed by atoms with Gasteiger partial charge in [0.2, 0.25) is 0 Å². The zero-order valence-corrected chi connectivity index (χ0v) is 11.7. The number of carbonyl (C=O) groups is 1. The van der Waals surface area contributed by atoms with Gasteiger partial charge in [0.1, 0.15) is 5.75 Å². The molecule has 19 heavy (non-hydrogen) atoms. The molecule has 2 rings (SSSR count). The maximum Gasteiger partial charge on any atom is 0.258 e. The molecule has 0 aliphatic carbocycles. The van der Waals surface area contributed by atoms with Crippen molar-refractivity contribution in [2.45, 2.75) is 11.4 Å². The Morgan fingerprint density at radius 2 is 2.00 bits per heavy atom. The molecule has 1 fully saturated rings. The zero-order chi connectivity index (χ0) is 13.9. The summed E-state index contributed by atoms with van der Waals surface area (Å²) in [7, 11) is -3.14. The first kappa shape index (κ1) is 14.1. The van der Waals surface area contributed by atoms with Gasteiger partial charge >= 0.3 is 0 Å². The van der Waals surface area contributed by atoms with E-state index in [4.69, 9.17) is 16.3 Å². The summed E-state index contributed by atoms with van der Waals surface area (Å²) in [5.41, 5.74) is 0. The molecule has 1 saturated heterocycles. The normalized spacial score (nSPS) is 24.9. The van der Waals surface area contributed by atoms with Crippen LogP contribution >= 0.6 is 11.6 Å². The van der Waals surface area contributed by atoms with Crippen molar-refractivity contribution in [2.24, 2.45) is 0 Å². The maximum absolute atomic E-state index is 11.6. The SMILES string of the molecule is O=C(COc1ccccc1)N[C@@H]1CS(=O)(=O)C[C@@H]1Cl. The molecule has 104 valence electrons. The lowest BCUT2D eigenvalue weighted by molar-refractivity contribution is -0.123. The van der Waals surface area contributed by atoms with E-state index in [0.717, 1.165) is 0 Å².